The van der Waals surface area contributed by atoms with Crippen molar-refractivity contribution in [1.29, 1.82) is 0 Å². The maximum absolute atomic E-state index is 12.8. The Morgan fingerprint density at radius 2 is 1.86 bits per heavy atom. The number of hydrogen-bond acceptors (Lipinski definition) is 5. The zero-order valence-electron chi connectivity index (χ0n) is 16.6. The molecule has 29 heavy (non-hydrogen) atoms. The first-order chi connectivity index (χ1) is 13.7. The van der Waals surface area contributed by atoms with Crippen LogP contribution in [0.3, 0.4) is 0 Å². The van der Waals surface area contributed by atoms with Crippen LogP contribution in [0.25, 0.3) is 0 Å². The van der Waals surface area contributed by atoms with Crippen LogP contribution < -0.4 is 15.5 Å². The molecule has 9 heteroatoms. The van der Waals surface area contributed by atoms with E-state index in [1.54, 1.807) is 4.90 Å². The molecule has 3 amide bonds. The first-order valence-electron chi connectivity index (χ1n) is 9.83. The Morgan fingerprint density at radius 3 is 2.45 bits per heavy atom. The van der Waals surface area contributed by atoms with E-state index in [1.165, 1.54) is 0 Å². The number of nitrogens with zero attached hydrogens (tertiary/aromatic N) is 1. The second-order valence-electron chi connectivity index (χ2n) is 8.08. The summed E-state index contributed by atoms with van der Waals surface area (Å²) < 4.78 is 23.2. The van der Waals surface area contributed by atoms with Gasteiger partial charge < -0.3 is 15.5 Å². The predicted octanol–water partition coefficient (Wildman–Crippen LogP) is 0.484. The summed E-state index contributed by atoms with van der Waals surface area (Å²) in [7, 11) is -3.11. The average molecular weight is 422 g/mol. The maximum Gasteiger partial charge on any atom is 0.243 e. The molecule has 1 aromatic carbocycles. The van der Waals surface area contributed by atoms with Gasteiger partial charge in [0.05, 0.1) is 17.4 Å². The Balaban J connectivity index is 1.61. The molecule has 0 unspecified atom stereocenters. The Labute approximate surface area is 170 Å². The first-order valence-corrected chi connectivity index (χ1v) is 11.6. The van der Waals surface area contributed by atoms with Crippen LogP contribution in [0.1, 0.15) is 26.7 Å². The lowest BCUT2D eigenvalue weighted by molar-refractivity contribution is -0.132. The Hall–Kier alpha value is -2.42. The van der Waals surface area contributed by atoms with Gasteiger partial charge in [0.2, 0.25) is 17.7 Å². The molecule has 2 aliphatic heterocycles. The molecule has 2 fully saturated rings. The van der Waals surface area contributed by atoms with Gasteiger partial charge in [0, 0.05) is 24.7 Å². The summed E-state index contributed by atoms with van der Waals surface area (Å²) >= 11 is 0. The van der Waals surface area contributed by atoms with Crippen LogP contribution in [0.4, 0.5) is 5.69 Å². The molecule has 3 rings (SSSR count). The number of para-hydroxylation sites is 1. The van der Waals surface area contributed by atoms with Crippen molar-refractivity contribution in [2.75, 3.05) is 23.0 Å². The van der Waals surface area contributed by atoms with Crippen molar-refractivity contribution in [3.8, 4) is 0 Å². The number of amides is 3. The standard InChI is InChI=1S/C20H27N3O5S/c1-13(2)18(20(26)21-15-8-9-29(27,28)12-15)22-19(25)14-10-17(24)23(11-14)16-6-4-3-5-7-16/h3-7,13-15,18H,8-12H2,1-2H3,(H,21,26)(H,22,25)/t14-,15+,18+/m1/s1. The van der Waals surface area contributed by atoms with Crippen molar-refractivity contribution in [1.82, 2.24) is 10.6 Å². The summed E-state index contributed by atoms with van der Waals surface area (Å²) in [6.07, 6.45) is 0.476. The summed E-state index contributed by atoms with van der Waals surface area (Å²) in [4.78, 5) is 39.3. The molecule has 0 aromatic heterocycles. The van der Waals surface area contributed by atoms with Gasteiger partial charge in [-0.3, -0.25) is 14.4 Å². The molecule has 0 aliphatic carbocycles. The summed E-state index contributed by atoms with van der Waals surface area (Å²) in [6, 6.07) is 7.95. The molecule has 158 valence electrons. The highest BCUT2D eigenvalue weighted by Crippen LogP contribution is 2.25. The highest BCUT2D eigenvalue weighted by Gasteiger charge is 2.38. The second kappa shape index (κ2) is 8.52. The molecular formula is C20H27N3O5S. The third kappa shape index (κ3) is 5.14. The molecule has 2 saturated heterocycles. The van der Waals surface area contributed by atoms with E-state index in [0.29, 0.717) is 6.42 Å². The zero-order chi connectivity index (χ0) is 21.2. The van der Waals surface area contributed by atoms with Gasteiger partial charge in [0.1, 0.15) is 6.04 Å². The third-order valence-electron chi connectivity index (χ3n) is 5.39. The van der Waals surface area contributed by atoms with Crippen LogP contribution in [-0.4, -0.2) is 56.3 Å². The molecule has 0 radical (unpaired) electrons. The summed E-state index contributed by atoms with van der Waals surface area (Å²) in [5.74, 6) is -1.58. The monoisotopic (exact) mass is 421 g/mol. The number of sulfone groups is 1. The predicted molar refractivity (Wildman–Crippen MR) is 109 cm³/mol. The van der Waals surface area contributed by atoms with Crippen molar-refractivity contribution in [2.45, 2.75) is 38.8 Å². The Morgan fingerprint density at radius 1 is 1.17 bits per heavy atom. The minimum atomic E-state index is -3.11. The van der Waals surface area contributed by atoms with Crippen molar-refractivity contribution < 1.29 is 22.8 Å². The van der Waals surface area contributed by atoms with Gasteiger partial charge in [-0.05, 0) is 24.5 Å². The molecule has 0 spiro atoms. The van der Waals surface area contributed by atoms with Gasteiger partial charge in [-0.2, -0.15) is 0 Å². The van der Waals surface area contributed by atoms with Gasteiger partial charge in [0.25, 0.3) is 0 Å². The fourth-order valence-corrected chi connectivity index (χ4v) is 5.42. The zero-order valence-corrected chi connectivity index (χ0v) is 17.4. The minimum absolute atomic E-state index is 0.0656. The van der Waals surface area contributed by atoms with Crippen LogP contribution in [0.2, 0.25) is 0 Å². The van der Waals surface area contributed by atoms with Crippen molar-refractivity contribution >= 4 is 33.2 Å². The van der Waals surface area contributed by atoms with E-state index in [2.05, 4.69) is 10.6 Å². The minimum Gasteiger partial charge on any atom is -0.351 e. The number of nitrogens with one attached hydrogen (secondary N) is 2. The SMILES string of the molecule is CC(C)[C@H](NC(=O)[C@@H]1CC(=O)N(c2ccccc2)C1)C(=O)N[C@H]1CCS(=O)(=O)C1. The van der Waals surface area contributed by atoms with Gasteiger partial charge in [-0.15, -0.1) is 0 Å². The molecule has 1 aromatic rings. The third-order valence-corrected chi connectivity index (χ3v) is 7.16. The van der Waals surface area contributed by atoms with Crippen molar-refractivity contribution in [3.05, 3.63) is 30.3 Å². The fourth-order valence-electron chi connectivity index (χ4n) is 3.75. The Bertz CT molecular complexity index is 885. The summed E-state index contributed by atoms with van der Waals surface area (Å²) in [5, 5.41) is 5.51. The molecule has 3 atom stereocenters. The van der Waals surface area contributed by atoms with Crippen LogP contribution >= 0.6 is 0 Å². The van der Waals surface area contributed by atoms with Crippen molar-refractivity contribution in [2.24, 2.45) is 11.8 Å². The molecule has 2 aliphatic rings. The summed E-state index contributed by atoms with van der Waals surface area (Å²) in [5.41, 5.74) is 0.744. The second-order valence-corrected chi connectivity index (χ2v) is 10.3. The lowest BCUT2D eigenvalue weighted by atomic mass is 10.0. The smallest absolute Gasteiger partial charge is 0.243 e. The molecular weight excluding hydrogens is 394 g/mol. The highest BCUT2D eigenvalue weighted by molar-refractivity contribution is 7.91. The largest absolute Gasteiger partial charge is 0.351 e. The highest BCUT2D eigenvalue weighted by atomic mass is 32.2. The van der Waals surface area contributed by atoms with Gasteiger partial charge in [-0.25, -0.2) is 8.42 Å². The van der Waals surface area contributed by atoms with Gasteiger partial charge in [-0.1, -0.05) is 32.0 Å². The fraction of sp³-hybridized carbons (Fsp3) is 0.550. The number of carbonyl (C=O) groups excluding carboxylic acids is 3. The molecule has 8 nitrogen and oxygen atoms in total. The van der Waals surface area contributed by atoms with E-state index in [-0.39, 0.29) is 48.1 Å². The van der Waals surface area contributed by atoms with Crippen LogP contribution in [0.15, 0.2) is 30.3 Å². The Kier molecular flexibility index (Phi) is 6.26. The van der Waals surface area contributed by atoms with E-state index in [1.807, 2.05) is 44.2 Å². The lowest BCUT2D eigenvalue weighted by Crippen LogP contribution is -2.53. The number of hydrogen-bond donors (Lipinski definition) is 2. The quantitative estimate of drug-likeness (QED) is 0.694. The van der Waals surface area contributed by atoms with E-state index < -0.39 is 27.8 Å². The van der Waals surface area contributed by atoms with Crippen molar-refractivity contribution in [3.63, 3.8) is 0 Å². The number of carbonyl (C=O) groups is 3. The molecule has 2 heterocycles. The maximum atomic E-state index is 12.8. The topological polar surface area (TPSA) is 113 Å². The molecule has 0 bridgehead atoms. The van der Waals surface area contributed by atoms with Gasteiger partial charge >= 0.3 is 0 Å². The average Bonchev–Trinajstić information content (AvgIpc) is 3.21. The summed E-state index contributed by atoms with van der Waals surface area (Å²) in [6.45, 7) is 3.89. The van der Waals surface area contributed by atoms with Crippen LogP contribution in [-0.2, 0) is 24.2 Å². The normalized spacial score (nSPS) is 24.5. The molecule has 2 N–H and O–H groups in total. The van der Waals surface area contributed by atoms with Gasteiger partial charge in [0.15, 0.2) is 9.84 Å². The van der Waals surface area contributed by atoms with E-state index in [9.17, 15) is 22.8 Å². The van der Waals surface area contributed by atoms with E-state index >= 15 is 0 Å². The number of benzene rings is 1. The molecule has 0 saturated carbocycles. The first kappa shape index (κ1) is 21.3. The number of rotatable bonds is 6. The lowest BCUT2D eigenvalue weighted by Gasteiger charge is -2.25. The van der Waals surface area contributed by atoms with E-state index in [0.717, 1.165) is 5.69 Å². The number of anilines is 1. The van der Waals surface area contributed by atoms with Crippen LogP contribution in [0.5, 0.6) is 0 Å². The van der Waals surface area contributed by atoms with Crippen LogP contribution in [0, 0.1) is 11.8 Å². The van der Waals surface area contributed by atoms with E-state index in [4.69, 9.17) is 0 Å².